The van der Waals surface area contributed by atoms with Crippen LogP contribution in [0.4, 0.5) is 0 Å². The van der Waals surface area contributed by atoms with Crippen molar-refractivity contribution in [2.75, 3.05) is 26.2 Å². The van der Waals surface area contributed by atoms with Gasteiger partial charge in [-0.1, -0.05) is 49.7 Å². The van der Waals surface area contributed by atoms with Crippen molar-refractivity contribution in [1.29, 1.82) is 0 Å². The predicted molar refractivity (Wildman–Crippen MR) is 135 cm³/mol. The maximum absolute atomic E-state index is 12.8. The molecule has 2 saturated heterocycles. The first-order valence-electron chi connectivity index (χ1n) is 12.6. The molecule has 0 radical (unpaired) electrons. The van der Waals surface area contributed by atoms with E-state index in [0.29, 0.717) is 24.5 Å². The molecular formula is C27H37N3O3S. The number of hydrogen-bond acceptors (Lipinski definition) is 4. The number of sulfonamides is 1. The van der Waals surface area contributed by atoms with Gasteiger partial charge in [-0.3, -0.25) is 9.69 Å². The summed E-state index contributed by atoms with van der Waals surface area (Å²) in [5, 5.41) is 2.97. The van der Waals surface area contributed by atoms with Crippen molar-refractivity contribution in [3.8, 4) is 0 Å². The zero-order chi connectivity index (χ0) is 24.0. The Morgan fingerprint density at radius 3 is 2.09 bits per heavy atom. The average Bonchev–Trinajstić information content (AvgIpc) is 2.86. The van der Waals surface area contributed by atoms with Crippen molar-refractivity contribution in [3.63, 3.8) is 0 Å². The standard InChI is InChI=1S/C27H37N3O3S/c1-22-13-17-29(18-14-22)21-25-7-5-24(6-8-25)20-28-27(31)19-23-9-11-26(12-10-23)34(32,33)30-15-3-2-4-16-30/h5-12,22H,2-4,13-21H2,1H3,(H,28,31). The third-order valence-electron chi connectivity index (χ3n) is 7.04. The smallest absolute Gasteiger partial charge is 0.243 e. The van der Waals surface area contributed by atoms with Crippen molar-refractivity contribution in [2.45, 2.75) is 63.4 Å². The molecule has 0 aliphatic carbocycles. The van der Waals surface area contributed by atoms with E-state index in [1.165, 1.54) is 31.5 Å². The molecule has 1 amide bonds. The van der Waals surface area contributed by atoms with Gasteiger partial charge >= 0.3 is 0 Å². The van der Waals surface area contributed by atoms with Gasteiger partial charge in [0.05, 0.1) is 11.3 Å². The van der Waals surface area contributed by atoms with Crippen LogP contribution in [0.1, 0.15) is 55.7 Å². The second kappa shape index (κ2) is 11.5. The number of nitrogens with zero attached hydrogens (tertiary/aromatic N) is 2. The second-order valence-corrected chi connectivity index (χ2v) is 11.8. The molecule has 0 atom stereocenters. The number of carbonyl (C=O) groups is 1. The maximum atomic E-state index is 12.8. The largest absolute Gasteiger partial charge is 0.352 e. The summed E-state index contributed by atoms with van der Waals surface area (Å²) in [6, 6.07) is 15.2. The highest BCUT2D eigenvalue weighted by Crippen LogP contribution is 2.21. The van der Waals surface area contributed by atoms with Gasteiger partial charge in [0, 0.05) is 26.2 Å². The molecule has 7 heteroatoms. The number of likely N-dealkylation sites (tertiary alicyclic amines) is 1. The number of nitrogens with one attached hydrogen (secondary N) is 1. The van der Waals surface area contributed by atoms with Gasteiger partial charge < -0.3 is 5.32 Å². The Hall–Kier alpha value is -2.22. The molecule has 0 spiro atoms. The zero-order valence-electron chi connectivity index (χ0n) is 20.2. The molecule has 4 rings (SSSR count). The Bertz CT molecular complexity index is 1040. The van der Waals surface area contributed by atoms with Crippen LogP contribution in [-0.2, 0) is 34.3 Å². The molecule has 1 N–H and O–H groups in total. The van der Waals surface area contributed by atoms with E-state index in [2.05, 4.69) is 41.4 Å². The first-order valence-corrected chi connectivity index (χ1v) is 14.0. The topological polar surface area (TPSA) is 69.7 Å². The van der Waals surface area contributed by atoms with Crippen molar-refractivity contribution < 1.29 is 13.2 Å². The fraction of sp³-hybridized carbons (Fsp3) is 0.519. The van der Waals surface area contributed by atoms with Crippen molar-refractivity contribution >= 4 is 15.9 Å². The molecule has 2 heterocycles. The van der Waals surface area contributed by atoms with Crippen LogP contribution in [0.2, 0.25) is 0 Å². The van der Waals surface area contributed by atoms with Crippen LogP contribution in [0, 0.1) is 5.92 Å². The van der Waals surface area contributed by atoms with Crippen LogP contribution in [0.25, 0.3) is 0 Å². The number of rotatable bonds is 8. The molecule has 0 saturated carbocycles. The van der Waals surface area contributed by atoms with Crippen LogP contribution < -0.4 is 5.32 Å². The number of hydrogen-bond donors (Lipinski definition) is 1. The molecule has 6 nitrogen and oxygen atoms in total. The summed E-state index contributed by atoms with van der Waals surface area (Å²) < 4.78 is 27.1. The average molecular weight is 484 g/mol. The van der Waals surface area contributed by atoms with Crippen molar-refractivity contribution in [2.24, 2.45) is 5.92 Å². The van der Waals surface area contributed by atoms with E-state index in [1.54, 1.807) is 28.6 Å². The first-order chi connectivity index (χ1) is 16.4. The Morgan fingerprint density at radius 1 is 0.853 bits per heavy atom. The van der Waals surface area contributed by atoms with E-state index in [0.717, 1.165) is 42.9 Å². The van der Waals surface area contributed by atoms with Gasteiger partial charge in [0.25, 0.3) is 0 Å². The number of amides is 1. The van der Waals surface area contributed by atoms with Crippen LogP contribution in [0.5, 0.6) is 0 Å². The molecule has 2 aliphatic heterocycles. The third-order valence-corrected chi connectivity index (χ3v) is 8.95. The SMILES string of the molecule is CC1CCN(Cc2ccc(CNC(=O)Cc3ccc(S(=O)(=O)N4CCCCC4)cc3)cc2)CC1. The van der Waals surface area contributed by atoms with Gasteiger partial charge in [-0.25, -0.2) is 8.42 Å². The first kappa shape index (κ1) is 24.9. The Morgan fingerprint density at radius 2 is 1.44 bits per heavy atom. The number of benzene rings is 2. The zero-order valence-corrected chi connectivity index (χ0v) is 21.0. The molecular weight excluding hydrogens is 446 g/mol. The minimum atomic E-state index is -3.44. The van der Waals surface area contributed by atoms with Gasteiger partial charge in [-0.2, -0.15) is 4.31 Å². The lowest BCUT2D eigenvalue weighted by atomic mass is 9.99. The minimum Gasteiger partial charge on any atom is -0.352 e. The van der Waals surface area contributed by atoms with E-state index < -0.39 is 10.0 Å². The van der Waals surface area contributed by atoms with Crippen LogP contribution in [0.15, 0.2) is 53.4 Å². The van der Waals surface area contributed by atoms with Crippen LogP contribution >= 0.6 is 0 Å². The molecule has 2 fully saturated rings. The number of piperidine rings is 2. The molecule has 0 unspecified atom stereocenters. The van der Waals surface area contributed by atoms with Gasteiger partial charge in [0.15, 0.2) is 0 Å². The maximum Gasteiger partial charge on any atom is 0.243 e. The lowest BCUT2D eigenvalue weighted by molar-refractivity contribution is -0.120. The molecule has 34 heavy (non-hydrogen) atoms. The van der Waals surface area contributed by atoms with Gasteiger partial charge in [0.2, 0.25) is 15.9 Å². The summed E-state index contributed by atoms with van der Waals surface area (Å²) in [4.78, 5) is 15.2. The highest BCUT2D eigenvalue weighted by Gasteiger charge is 2.25. The summed E-state index contributed by atoms with van der Waals surface area (Å²) in [6.07, 6.45) is 5.70. The van der Waals surface area contributed by atoms with E-state index in [1.807, 2.05) is 0 Å². The summed E-state index contributed by atoms with van der Waals surface area (Å²) in [6.45, 7) is 7.32. The molecule has 2 aromatic carbocycles. The molecule has 2 aliphatic rings. The Labute approximate surface area is 204 Å². The summed E-state index contributed by atoms with van der Waals surface area (Å²) in [5.41, 5.74) is 3.19. The van der Waals surface area contributed by atoms with E-state index in [-0.39, 0.29) is 12.3 Å². The van der Waals surface area contributed by atoms with Crippen LogP contribution in [-0.4, -0.2) is 49.7 Å². The minimum absolute atomic E-state index is 0.0712. The fourth-order valence-electron chi connectivity index (χ4n) is 4.72. The normalized spacial score (nSPS) is 18.6. The number of carbonyl (C=O) groups excluding carboxylic acids is 1. The monoisotopic (exact) mass is 483 g/mol. The fourth-order valence-corrected chi connectivity index (χ4v) is 6.24. The highest BCUT2D eigenvalue weighted by molar-refractivity contribution is 7.89. The van der Waals surface area contributed by atoms with Gasteiger partial charge in [-0.05, 0) is 73.5 Å². The van der Waals surface area contributed by atoms with Crippen molar-refractivity contribution in [1.82, 2.24) is 14.5 Å². The molecule has 0 aromatic heterocycles. The molecule has 2 aromatic rings. The third kappa shape index (κ3) is 6.68. The lowest BCUT2D eigenvalue weighted by Gasteiger charge is -2.30. The lowest BCUT2D eigenvalue weighted by Crippen LogP contribution is -2.35. The second-order valence-electron chi connectivity index (χ2n) is 9.84. The predicted octanol–water partition coefficient (Wildman–Crippen LogP) is 3.95. The van der Waals surface area contributed by atoms with Crippen molar-refractivity contribution in [3.05, 3.63) is 65.2 Å². The van der Waals surface area contributed by atoms with E-state index in [9.17, 15) is 13.2 Å². The molecule has 0 bridgehead atoms. The Kier molecular flexibility index (Phi) is 8.40. The summed E-state index contributed by atoms with van der Waals surface area (Å²) in [5.74, 6) is 0.769. The highest BCUT2D eigenvalue weighted by atomic mass is 32.2. The van der Waals surface area contributed by atoms with E-state index >= 15 is 0 Å². The molecule has 184 valence electrons. The Balaban J connectivity index is 1.24. The van der Waals surface area contributed by atoms with Gasteiger partial charge in [-0.15, -0.1) is 0 Å². The quantitative estimate of drug-likeness (QED) is 0.617. The van der Waals surface area contributed by atoms with E-state index in [4.69, 9.17) is 0 Å². The summed E-state index contributed by atoms with van der Waals surface area (Å²) in [7, 11) is -3.44. The van der Waals surface area contributed by atoms with Crippen LogP contribution in [0.3, 0.4) is 0 Å². The summed E-state index contributed by atoms with van der Waals surface area (Å²) >= 11 is 0. The van der Waals surface area contributed by atoms with Gasteiger partial charge in [0.1, 0.15) is 0 Å².